The average Bonchev–Trinajstić information content (AvgIpc) is 2.85. The maximum atomic E-state index is 13.3. The van der Waals surface area contributed by atoms with Crippen LogP contribution in [0.2, 0.25) is 5.02 Å². The summed E-state index contributed by atoms with van der Waals surface area (Å²) in [6.45, 7) is 2.55. The summed E-state index contributed by atoms with van der Waals surface area (Å²) in [6, 6.07) is 5.15. The van der Waals surface area contributed by atoms with E-state index in [1.165, 1.54) is 6.26 Å². The second-order valence-electron chi connectivity index (χ2n) is 3.79. The van der Waals surface area contributed by atoms with Gasteiger partial charge in [-0.1, -0.05) is 18.5 Å². The van der Waals surface area contributed by atoms with Gasteiger partial charge in [0.25, 0.3) is 0 Å². The molecule has 5 heteroatoms. The van der Waals surface area contributed by atoms with Crippen molar-refractivity contribution in [2.75, 3.05) is 6.54 Å². The predicted octanol–water partition coefficient (Wildman–Crippen LogP) is 3.91. The molecule has 1 aromatic heterocycles. The molecular weight excluding hydrogens is 260 g/mol. The molecule has 96 valence electrons. The summed E-state index contributed by atoms with van der Waals surface area (Å²) in [7, 11) is 0. The molecule has 2 nitrogen and oxygen atoms in total. The summed E-state index contributed by atoms with van der Waals surface area (Å²) in [6.07, 6.45) is 1.52. The highest BCUT2D eigenvalue weighted by molar-refractivity contribution is 6.31. The number of hydrogen-bond donors (Lipinski definition) is 1. The van der Waals surface area contributed by atoms with E-state index >= 15 is 0 Å². The summed E-state index contributed by atoms with van der Waals surface area (Å²) in [5, 5.41) is 3.28. The molecule has 0 saturated carbocycles. The molecule has 0 aliphatic carbocycles. The molecule has 1 heterocycles. The Bertz CT molecular complexity index is 528. The first-order valence-electron chi connectivity index (χ1n) is 5.54. The third-order valence-corrected chi connectivity index (χ3v) is 2.91. The first-order chi connectivity index (χ1) is 8.63. The molecule has 1 atom stereocenters. The van der Waals surface area contributed by atoms with Gasteiger partial charge in [0.05, 0.1) is 12.3 Å². The Kier molecular flexibility index (Phi) is 3.99. The minimum atomic E-state index is -0.960. The standard InChI is InChI=1S/C13H12ClF2NO/c1-2-17-13(12-4-3-5-18-12)8-6-10(15)11(16)7-9(8)14/h3-7,13,17H,2H2,1H3. The summed E-state index contributed by atoms with van der Waals surface area (Å²) >= 11 is 5.96. The molecule has 1 aromatic carbocycles. The third kappa shape index (κ3) is 2.54. The Labute approximate surface area is 109 Å². The van der Waals surface area contributed by atoms with E-state index in [2.05, 4.69) is 5.32 Å². The number of benzene rings is 1. The van der Waals surface area contributed by atoms with E-state index in [9.17, 15) is 8.78 Å². The lowest BCUT2D eigenvalue weighted by Gasteiger charge is -2.17. The van der Waals surface area contributed by atoms with Crippen molar-refractivity contribution in [3.05, 3.63) is 58.5 Å². The molecule has 0 radical (unpaired) electrons. The summed E-state index contributed by atoms with van der Waals surface area (Å²) in [5.74, 6) is -1.29. The fraction of sp³-hybridized carbons (Fsp3) is 0.231. The molecule has 0 spiro atoms. The zero-order valence-electron chi connectivity index (χ0n) is 9.71. The first-order valence-corrected chi connectivity index (χ1v) is 5.92. The highest BCUT2D eigenvalue weighted by Gasteiger charge is 2.20. The molecule has 0 fully saturated rings. The molecular formula is C13H12ClF2NO. The van der Waals surface area contributed by atoms with E-state index in [1.807, 2.05) is 6.92 Å². The zero-order chi connectivity index (χ0) is 13.1. The molecule has 0 amide bonds. The van der Waals surface area contributed by atoms with Gasteiger partial charge in [0.2, 0.25) is 0 Å². The van der Waals surface area contributed by atoms with Crippen molar-refractivity contribution in [3.63, 3.8) is 0 Å². The predicted molar refractivity (Wildman–Crippen MR) is 65.6 cm³/mol. The lowest BCUT2D eigenvalue weighted by atomic mass is 10.0. The van der Waals surface area contributed by atoms with Gasteiger partial charge in [-0.2, -0.15) is 0 Å². The van der Waals surface area contributed by atoms with Crippen LogP contribution in [0.4, 0.5) is 8.78 Å². The first kappa shape index (κ1) is 13.1. The monoisotopic (exact) mass is 271 g/mol. The van der Waals surface area contributed by atoms with Gasteiger partial charge in [-0.3, -0.25) is 0 Å². The van der Waals surface area contributed by atoms with E-state index in [4.69, 9.17) is 16.0 Å². The van der Waals surface area contributed by atoms with Crippen molar-refractivity contribution in [1.82, 2.24) is 5.32 Å². The van der Waals surface area contributed by atoms with Crippen LogP contribution in [-0.4, -0.2) is 6.54 Å². The van der Waals surface area contributed by atoms with Crippen LogP contribution in [0, 0.1) is 11.6 Å². The fourth-order valence-electron chi connectivity index (χ4n) is 1.78. The number of halogens is 3. The maximum absolute atomic E-state index is 13.3. The molecule has 0 bridgehead atoms. The second-order valence-corrected chi connectivity index (χ2v) is 4.20. The van der Waals surface area contributed by atoms with Gasteiger partial charge in [0.1, 0.15) is 5.76 Å². The lowest BCUT2D eigenvalue weighted by Crippen LogP contribution is -2.22. The fourth-order valence-corrected chi connectivity index (χ4v) is 2.04. The van der Waals surface area contributed by atoms with Crippen molar-refractivity contribution < 1.29 is 13.2 Å². The van der Waals surface area contributed by atoms with E-state index in [0.717, 1.165) is 12.1 Å². The van der Waals surface area contributed by atoms with Gasteiger partial charge < -0.3 is 9.73 Å². The van der Waals surface area contributed by atoms with Crippen LogP contribution >= 0.6 is 11.6 Å². The van der Waals surface area contributed by atoms with E-state index in [1.54, 1.807) is 12.1 Å². The Hall–Kier alpha value is -1.39. The van der Waals surface area contributed by atoms with Crippen molar-refractivity contribution in [1.29, 1.82) is 0 Å². The van der Waals surface area contributed by atoms with Gasteiger partial charge >= 0.3 is 0 Å². The number of hydrogen-bond acceptors (Lipinski definition) is 2. The molecule has 0 saturated heterocycles. The van der Waals surface area contributed by atoms with Crippen molar-refractivity contribution in [2.45, 2.75) is 13.0 Å². The third-order valence-electron chi connectivity index (χ3n) is 2.59. The van der Waals surface area contributed by atoms with Crippen LogP contribution in [-0.2, 0) is 0 Å². The van der Waals surface area contributed by atoms with Crippen LogP contribution in [0.5, 0.6) is 0 Å². The number of rotatable bonds is 4. The normalized spacial score (nSPS) is 12.7. The summed E-state index contributed by atoms with van der Waals surface area (Å²) < 4.78 is 31.6. The molecule has 1 N–H and O–H groups in total. The van der Waals surface area contributed by atoms with E-state index in [-0.39, 0.29) is 5.02 Å². The Balaban J connectivity index is 2.46. The maximum Gasteiger partial charge on any atom is 0.160 e. The molecule has 2 aromatic rings. The topological polar surface area (TPSA) is 25.2 Å². The largest absolute Gasteiger partial charge is 0.467 e. The number of nitrogens with one attached hydrogen (secondary N) is 1. The average molecular weight is 272 g/mol. The quantitative estimate of drug-likeness (QED) is 0.853. The Morgan fingerprint density at radius 2 is 2.06 bits per heavy atom. The second kappa shape index (κ2) is 5.50. The molecule has 1 unspecified atom stereocenters. The number of furan rings is 1. The van der Waals surface area contributed by atoms with Crippen LogP contribution < -0.4 is 5.32 Å². The summed E-state index contributed by atoms with van der Waals surface area (Å²) in [4.78, 5) is 0. The smallest absolute Gasteiger partial charge is 0.160 e. The highest BCUT2D eigenvalue weighted by Crippen LogP contribution is 2.30. The van der Waals surface area contributed by atoms with Crippen molar-refractivity contribution in [3.8, 4) is 0 Å². The van der Waals surface area contributed by atoms with E-state index < -0.39 is 17.7 Å². The molecule has 2 rings (SSSR count). The molecule has 0 aliphatic heterocycles. The SMILES string of the molecule is CCNC(c1ccco1)c1cc(F)c(F)cc1Cl. The van der Waals surface area contributed by atoms with Gasteiger partial charge in [0.15, 0.2) is 11.6 Å². The minimum Gasteiger partial charge on any atom is -0.467 e. The molecule has 18 heavy (non-hydrogen) atoms. The lowest BCUT2D eigenvalue weighted by molar-refractivity contribution is 0.448. The Morgan fingerprint density at radius 1 is 1.33 bits per heavy atom. The highest BCUT2D eigenvalue weighted by atomic mass is 35.5. The van der Waals surface area contributed by atoms with Gasteiger partial charge in [-0.15, -0.1) is 0 Å². The van der Waals surface area contributed by atoms with Crippen LogP contribution in [0.3, 0.4) is 0 Å². The minimum absolute atomic E-state index is 0.163. The van der Waals surface area contributed by atoms with Crippen LogP contribution in [0.1, 0.15) is 24.3 Å². The summed E-state index contributed by atoms with van der Waals surface area (Å²) in [5.41, 5.74) is 0.451. The van der Waals surface area contributed by atoms with Gasteiger partial charge in [0, 0.05) is 5.02 Å². The van der Waals surface area contributed by atoms with E-state index in [0.29, 0.717) is 17.9 Å². The Morgan fingerprint density at radius 3 is 2.67 bits per heavy atom. The van der Waals surface area contributed by atoms with Gasteiger partial charge in [-0.25, -0.2) is 8.78 Å². The molecule has 0 aliphatic rings. The van der Waals surface area contributed by atoms with Crippen molar-refractivity contribution >= 4 is 11.6 Å². The van der Waals surface area contributed by atoms with Gasteiger partial charge in [-0.05, 0) is 36.4 Å². The van der Waals surface area contributed by atoms with Crippen LogP contribution in [0.15, 0.2) is 34.9 Å². The zero-order valence-corrected chi connectivity index (χ0v) is 10.5. The van der Waals surface area contributed by atoms with Crippen molar-refractivity contribution in [2.24, 2.45) is 0 Å². The van der Waals surface area contributed by atoms with Crippen LogP contribution in [0.25, 0.3) is 0 Å².